The maximum Gasteiger partial charge on any atom is 0.325 e. The number of rotatable bonds is 14. The molecule has 16 nitrogen and oxygen atoms in total. The molecule has 0 aromatic heterocycles. The fourth-order valence-corrected chi connectivity index (χ4v) is 4.67. The SMILES string of the molecule is CCC(C)(C)C(=O)NC(=O)Nc1ccc(O)cc1.CCC(C)(C)C(=O)Nc1ccc(O)c(CO)c1.CCC(C)C(=O)Nc1ccc(O)c(CO)c1.CCC(C)C(=O)Nc1cccc(O)c1. The number of carbonyl (C=O) groups excluding carboxylic acids is 5. The second-order valence-electron chi connectivity index (χ2n) is 16.5. The molecule has 4 rings (SSSR count). The molecule has 2 unspecified atom stereocenters. The van der Waals surface area contributed by atoms with Gasteiger partial charge in [-0.3, -0.25) is 24.5 Å². The first kappa shape index (κ1) is 56.4. The van der Waals surface area contributed by atoms with Crippen LogP contribution in [0.25, 0.3) is 0 Å². The highest BCUT2D eigenvalue weighted by Crippen LogP contribution is 2.26. The van der Waals surface area contributed by atoms with Gasteiger partial charge in [-0.1, -0.05) is 75.3 Å². The zero-order valence-corrected chi connectivity index (χ0v) is 39.2. The van der Waals surface area contributed by atoms with Crippen LogP contribution in [0.5, 0.6) is 23.0 Å². The summed E-state index contributed by atoms with van der Waals surface area (Å²) in [6.45, 7) is 18.3. The van der Waals surface area contributed by atoms with E-state index in [2.05, 4.69) is 26.6 Å². The van der Waals surface area contributed by atoms with Gasteiger partial charge < -0.3 is 51.9 Å². The zero-order chi connectivity index (χ0) is 49.5. The summed E-state index contributed by atoms with van der Waals surface area (Å²) in [5, 5.41) is 68.0. The highest BCUT2D eigenvalue weighted by atomic mass is 16.3. The minimum Gasteiger partial charge on any atom is -0.508 e. The molecule has 356 valence electrons. The molecular weight excluding hydrogens is 835 g/mol. The normalized spacial score (nSPS) is 11.6. The third-order valence-electron chi connectivity index (χ3n) is 10.6. The predicted molar refractivity (Wildman–Crippen MR) is 254 cm³/mol. The molecule has 0 radical (unpaired) electrons. The fraction of sp³-hybridized carbons (Fsp3) is 0.408. The minimum atomic E-state index is -0.577. The van der Waals surface area contributed by atoms with Crippen LogP contribution in [0.2, 0.25) is 0 Å². The average Bonchev–Trinajstić information content (AvgIpc) is 3.28. The van der Waals surface area contributed by atoms with Crippen molar-refractivity contribution in [2.75, 3.05) is 21.3 Å². The van der Waals surface area contributed by atoms with E-state index in [0.29, 0.717) is 40.3 Å². The molecule has 65 heavy (non-hydrogen) atoms. The Morgan fingerprint density at radius 1 is 0.508 bits per heavy atom. The van der Waals surface area contributed by atoms with Gasteiger partial charge in [0.05, 0.1) is 13.2 Å². The Hall–Kier alpha value is -6.65. The summed E-state index contributed by atoms with van der Waals surface area (Å²) < 4.78 is 0. The number of carbonyl (C=O) groups is 5. The highest BCUT2D eigenvalue weighted by molar-refractivity contribution is 6.03. The molecule has 4 aromatic rings. The number of amides is 6. The van der Waals surface area contributed by atoms with Crippen molar-refractivity contribution in [1.82, 2.24) is 5.32 Å². The molecule has 6 amide bonds. The predicted octanol–water partition coefficient (Wildman–Crippen LogP) is 8.98. The molecule has 0 fully saturated rings. The van der Waals surface area contributed by atoms with Gasteiger partial charge in [0.2, 0.25) is 23.6 Å². The lowest BCUT2D eigenvalue weighted by atomic mass is 9.89. The van der Waals surface area contributed by atoms with Crippen LogP contribution in [0.1, 0.15) is 106 Å². The number of phenols is 4. The molecule has 0 saturated carbocycles. The van der Waals surface area contributed by atoms with Crippen LogP contribution >= 0.6 is 0 Å². The summed E-state index contributed by atoms with van der Waals surface area (Å²) in [5.41, 5.74) is 2.11. The van der Waals surface area contributed by atoms with E-state index in [1.807, 2.05) is 55.4 Å². The topological polar surface area (TPSA) is 267 Å². The van der Waals surface area contributed by atoms with Crippen LogP contribution in [0.15, 0.2) is 84.9 Å². The van der Waals surface area contributed by atoms with Crippen molar-refractivity contribution < 1.29 is 54.6 Å². The number of urea groups is 1. The third-order valence-corrected chi connectivity index (χ3v) is 10.6. The van der Waals surface area contributed by atoms with Crippen LogP contribution < -0.4 is 26.6 Å². The second kappa shape index (κ2) is 27.5. The number of phenolic OH excluding ortho intramolecular Hbond substituents is 2. The first-order valence-electron chi connectivity index (χ1n) is 21.5. The largest absolute Gasteiger partial charge is 0.508 e. The van der Waals surface area contributed by atoms with Gasteiger partial charge in [0.25, 0.3) is 0 Å². The van der Waals surface area contributed by atoms with Gasteiger partial charge in [0.1, 0.15) is 23.0 Å². The summed E-state index contributed by atoms with van der Waals surface area (Å²) in [6.07, 6.45) is 2.97. The average molecular weight is 904 g/mol. The third kappa shape index (κ3) is 20.2. The first-order chi connectivity index (χ1) is 30.5. The number of aliphatic hydroxyl groups is 2. The highest BCUT2D eigenvalue weighted by Gasteiger charge is 2.27. The fourth-order valence-electron chi connectivity index (χ4n) is 4.67. The van der Waals surface area contributed by atoms with Crippen molar-refractivity contribution >= 4 is 52.4 Å². The van der Waals surface area contributed by atoms with Crippen LogP contribution in [0, 0.1) is 22.7 Å². The van der Waals surface area contributed by atoms with Gasteiger partial charge in [-0.05, 0) is 98.5 Å². The lowest BCUT2D eigenvalue weighted by molar-refractivity contribution is -0.128. The van der Waals surface area contributed by atoms with Crippen molar-refractivity contribution in [2.24, 2.45) is 22.7 Å². The quantitative estimate of drug-likeness (QED) is 0.0532. The van der Waals surface area contributed by atoms with E-state index in [-0.39, 0.29) is 71.7 Å². The molecule has 11 N–H and O–H groups in total. The van der Waals surface area contributed by atoms with E-state index in [4.69, 9.17) is 15.3 Å². The Bertz CT molecular complexity index is 2160. The second-order valence-corrected chi connectivity index (χ2v) is 16.5. The first-order valence-corrected chi connectivity index (χ1v) is 21.5. The maximum atomic E-state index is 11.9. The van der Waals surface area contributed by atoms with E-state index >= 15 is 0 Å². The molecule has 0 spiro atoms. The number of hydrogen-bond donors (Lipinski definition) is 11. The van der Waals surface area contributed by atoms with Gasteiger partial charge in [0.15, 0.2) is 0 Å². The minimum absolute atomic E-state index is 0.00245. The number of anilines is 4. The van der Waals surface area contributed by atoms with Crippen molar-refractivity contribution in [3.05, 3.63) is 96.1 Å². The van der Waals surface area contributed by atoms with Gasteiger partial charge in [-0.15, -0.1) is 0 Å². The lowest BCUT2D eigenvalue weighted by Gasteiger charge is -2.21. The number of imide groups is 1. The van der Waals surface area contributed by atoms with Crippen molar-refractivity contribution in [3.63, 3.8) is 0 Å². The van der Waals surface area contributed by atoms with Crippen LogP contribution in [-0.2, 0) is 32.4 Å². The molecule has 0 aliphatic rings. The Kier molecular flexibility index (Phi) is 23.9. The van der Waals surface area contributed by atoms with Gasteiger partial charge in [0, 0.05) is 62.6 Å². The van der Waals surface area contributed by atoms with E-state index in [1.54, 1.807) is 68.4 Å². The standard InChI is InChI=1S/C13H18N2O3.C13H19NO3.C12H17NO3.C11H15NO2/c1-4-13(2,3)11(17)15-12(18)14-9-5-7-10(16)8-6-9;1-4-13(2,3)12(17)14-10-5-6-11(16)9(7-10)8-15;1-3-8(2)12(16)13-10-4-5-11(15)9(6-10)7-14;1-3-8(2)11(14)12-9-5-4-6-10(13)7-9/h5-8,16H,4H2,1-3H3,(H2,14,15,17,18);5-7,15-16H,4,8H2,1-3H3,(H,14,17);4-6,8,14-15H,3,7H2,1-2H3,(H,13,16);4-8,13H,3H2,1-2H3,(H,12,14). The Morgan fingerprint density at radius 2 is 0.923 bits per heavy atom. The van der Waals surface area contributed by atoms with Gasteiger partial charge in [-0.25, -0.2) is 4.79 Å². The molecule has 2 atom stereocenters. The Labute approximate surface area is 382 Å². The molecule has 4 aromatic carbocycles. The smallest absolute Gasteiger partial charge is 0.325 e. The molecule has 0 aliphatic heterocycles. The molecular formula is C49H69N5O11. The molecule has 0 bridgehead atoms. The monoisotopic (exact) mass is 903 g/mol. The number of hydrogen-bond acceptors (Lipinski definition) is 11. The maximum absolute atomic E-state index is 11.9. The molecule has 16 heteroatoms. The molecule has 0 heterocycles. The molecule has 0 aliphatic carbocycles. The summed E-state index contributed by atoms with van der Waals surface area (Å²) in [4.78, 5) is 58.3. The van der Waals surface area contributed by atoms with E-state index in [1.165, 1.54) is 30.3 Å². The van der Waals surface area contributed by atoms with Crippen LogP contribution in [0.3, 0.4) is 0 Å². The molecule has 0 saturated heterocycles. The number of aliphatic hydroxyl groups excluding tert-OH is 2. The number of aromatic hydroxyl groups is 4. The summed E-state index contributed by atoms with van der Waals surface area (Å²) in [7, 11) is 0. The number of nitrogens with one attached hydrogen (secondary N) is 5. The van der Waals surface area contributed by atoms with Crippen molar-refractivity contribution in [3.8, 4) is 23.0 Å². The summed E-state index contributed by atoms with van der Waals surface area (Å²) in [5.74, 6) is -0.185. The summed E-state index contributed by atoms with van der Waals surface area (Å²) >= 11 is 0. The summed E-state index contributed by atoms with van der Waals surface area (Å²) in [6, 6.07) is 21.2. The number of benzene rings is 4. The van der Waals surface area contributed by atoms with Gasteiger partial charge in [-0.2, -0.15) is 0 Å². The van der Waals surface area contributed by atoms with E-state index in [9.17, 15) is 39.3 Å². The zero-order valence-electron chi connectivity index (χ0n) is 39.2. The van der Waals surface area contributed by atoms with Crippen molar-refractivity contribution in [1.29, 1.82) is 0 Å². The lowest BCUT2D eigenvalue weighted by Crippen LogP contribution is -2.42. The van der Waals surface area contributed by atoms with E-state index in [0.717, 1.165) is 19.3 Å². The van der Waals surface area contributed by atoms with Crippen molar-refractivity contribution in [2.45, 2.75) is 108 Å². The van der Waals surface area contributed by atoms with E-state index < -0.39 is 16.9 Å². The van der Waals surface area contributed by atoms with Crippen LogP contribution in [-0.4, -0.2) is 60.3 Å². The Balaban J connectivity index is 0.000000435. The van der Waals surface area contributed by atoms with Crippen LogP contribution in [0.4, 0.5) is 27.5 Å². The Morgan fingerprint density at radius 3 is 1.34 bits per heavy atom. The van der Waals surface area contributed by atoms with Gasteiger partial charge >= 0.3 is 6.03 Å².